The summed E-state index contributed by atoms with van der Waals surface area (Å²) in [4.78, 5) is 30.4. The van der Waals surface area contributed by atoms with Crippen molar-refractivity contribution < 1.29 is 33.0 Å². The van der Waals surface area contributed by atoms with E-state index in [1.807, 2.05) is 85.9 Å². The Kier molecular flexibility index (Phi) is 8.99. The summed E-state index contributed by atoms with van der Waals surface area (Å²) in [6.45, 7) is 6.58. The van der Waals surface area contributed by atoms with Gasteiger partial charge in [0.05, 0.1) is 50.2 Å². The molecule has 1 unspecified atom stereocenters. The minimum Gasteiger partial charge on any atom is -0.497 e. The van der Waals surface area contributed by atoms with Gasteiger partial charge in [-0.2, -0.15) is 0 Å². The zero-order valence-electron chi connectivity index (χ0n) is 28.7. The molecule has 1 spiro atoms. The van der Waals surface area contributed by atoms with Crippen LogP contribution in [-0.2, 0) is 33.0 Å². The van der Waals surface area contributed by atoms with E-state index in [1.54, 1.807) is 34.7 Å². The van der Waals surface area contributed by atoms with Crippen LogP contribution < -0.4 is 14.5 Å². The van der Waals surface area contributed by atoms with E-state index in [1.165, 1.54) is 0 Å². The van der Waals surface area contributed by atoms with Gasteiger partial charge in [-0.05, 0) is 61.0 Å². The minimum atomic E-state index is -3.40. The van der Waals surface area contributed by atoms with Gasteiger partial charge >= 0.3 is 6.09 Å². The Morgan fingerprint density at radius 2 is 1.90 bits per heavy atom. The Hall–Kier alpha value is -4.59. The molecule has 11 nitrogen and oxygen atoms in total. The number of aryl methyl sites for hydroxylation is 1. The number of halogens is 1. The topological polar surface area (TPSA) is 119 Å². The first-order valence-electron chi connectivity index (χ1n) is 17.0. The fraction of sp³-hybridized carbons (Fsp3) is 0.405. The highest BCUT2D eigenvalue weighted by Gasteiger charge is 2.66. The minimum absolute atomic E-state index is 0.116. The van der Waals surface area contributed by atoms with E-state index < -0.39 is 37.7 Å². The lowest BCUT2D eigenvalue weighted by atomic mass is 9.82. The van der Waals surface area contributed by atoms with Crippen LogP contribution in [0.2, 0.25) is 18.6 Å². The van der Waals surface area contributed by atoms with Crippen LogP contribution in [0.15, 0.2) is 79.0 Å². The Labute approximate surface area is 291 Å². The maximum absolute atomic E-state index is 16.4. The second-order valence-electron chi connectivity index (χ2n) is 13.8. The monoisotopic (exact) mass is 699 g/mol. The standard InChI is InChI=1S/C37H42FN5O6Si/c1-24-34(50(3,4)38)33(15-16-41-22-31(39-40-41)29(23-44)26-10-6-5-7-11-26)49-37(24)30-20-28(47-2)13-14-32(30)43(35(37)45)21-25-9-8-12-27(19-25)42-17-18-48-36(42)46/h5-14,19-20,22,24,29,33-34,44H,15-18,21,23H2,1-4H3/t24-,29?,33+,34-,37+/m0/s1. The van der Waals surface area contributed by atoms with Crippen molar-refractivity contribution in [2.75, 3.05) is 36.7 Å². The molecule has 4 heterocycles. The van der Waals surface area contributed by atoms with Crippen molar-refractivity contribution in [2.24, 2.45) is 5.92 Å². The number of hydrogen-bond acceptors (Lipinski definition) is 8. The van der Waals surface area contributed by atoms with Gasteiger partial charge < -0.3 is 28.3 Å². The summed E-state index contributed by atoms with van der Waals surface area (Å²) in [5.74, 6) is -0.468. The number of anilines is 2. The predicted octanol–water partition coefficient (Wildman–Crippen LogP) is 5.78. The second-order valence-corrected chi connectivity index (χ2v) is 17.6. The van der Waals surface area contributed by atoms with Gasteiger partial charge in [-0.1, -0.05) is 54.6 Å². The van der Waals surface area contributed by atoms with E-state index in [9.17, 15) is 14.7 Å². The third-order valence-electron chi connectivity index (χ3n) is 10.4. The summed E-state index contributed by atoms with van der Waals surface area (Å²) in [5, 5.41) is 18.8. The summed E-state index contributed by atoms with van der Waals surface area (Å²) < 4.78 is 35.8. The zero-order chi connectivity index (χ0) is 35.2. The molecule has 2 amide bonds. The molecule has 2 saturated heterocycles. The first-order valence-corrected chi connectivity index (χ1v) is 20.0. The summed E-state index contributed by atoms with van der Waals surface area (Å²) in [6.07, 6.45) is 1.26. The van der Waals surface area contributed by atoms with Gasteiger partial charge in [0.15, 0.2) is 5.60 Å². The SMILES string of the molecule is COc1ccc2c(c1)[C@@]1(O[C@H](CCn3cc(C(CO)c4ccccc4)nn3)[C@@H]([Si](C)(C)F)[C@@H]1C)C(=O)N2Cc1cccc(N2CCOC2=O)c1. The molecule has 4 aromatic rings. The van der Waals surface area contributed by atoms with Crippen molar-refractivity contribution in [1.82, 2.24) is 15.0 Å². The molecule has 1 N–H and O–H groups in total. The van der Waals surface area contributed by atoms with Gasteiger partial charge in [-0.15, -0.1) is 5.10 Å². The van der Waals surface area contributed by atoms with E-state index in [2.05, 4.69) is 10.3 Å². The van der Waals surface area contributed by atoms with Gasteiger partial charge in [0.1, 0.15) is 12.4 Å². The second kappa shape index (κ2) is 13.3. The number of nitrogens with zero attached hydrogens (tertiary/aromatic N) is 5. The number of aromatic nitrogens is 3. The van der Waals surface area contributed by atoms with Gasteiger partial charge in [0.25, 0.3) is 5.91 Å². The van der Waals surface area contributed by atoms with E-state index in [-0.39, 0.29) is 25.0 Å². The third kappa shape index (κ3) is 5.86. The van der Waals surface area contributed by atoms with Crippen LogP contribution >= 0.6 is 0 Å². The van der Waals surface area contributed by atoms with E-state index in [4.69, 9.17) is 14.2 Å². The van der Waals surface area contributed by atoms with Crippen LogP contribution in [0.1, 0.15) is 41.6 Å². The summed E-state index contributed by atoms with van der Waals surface area (Å²) in [5.41, 5.74) is 2.53. The Balaban J connectivity index is 1.18. The highest BCUT2D eigenvalue weighted by atomic mass is 28.4. The highest BCUT2D eigenvalue weighted by molar-refractivity contribution is 6.72. The molecule has 0 bridgehead atoms. The molecule has 0 saturated carbocycles. The zero-order valence-corrected chi connectivity index (χ0v) is 29.7. The van der Waals surface area contributed by atoms with E-state index in [0.29, 0.717) is 54.5 Å². The van der Waals surface area contributed by atoms with Crippen LogP contribution in [0.3, 0.4) is 0 Å². The number of carbonyl (C=O) groups is 2. The summed E-state index contributed by atoms with van der Waals surface area (Å²) in [7, 11) is -1.82. The number of aliphatic hydroxyl groups is 1. The van der Waals surface area contributed by atoms with Crippen molar-refractivity contribution in [1.29, 1.82) is 0 Å². The molecule has 7 rings (SSSR count). The van der Waals surface area contributed by atoms with E-state index in [0.717, 1.165) is 11.1 Å². The number of methoxy groups -OCH3 is 1. The number of hydrogen-bond donors (Lipinski definition) is 1. The normalized spacial score (nSPS) is 23.8. The number of aliphatic hydroxyl groups excluding tert-OH is 1. The average molecular weight is 700 g/mol. The fourth-order valence-corrected chi connectivity index (χ4v) is 10.7. The highest BCUT2D eigenvalue weighted by Crippen LogP contribution is 2.60. The summed E-state index contributed by atoms with van der Waals surface area (Å²) in [6, 6.07) is 22.7. The van der Waals surface area contributed by atoms with Crippen LogP contribution in [0.25, 0.3) is 0 Å². The Bertz CT molecular complexity index is 1890. The van der Waals surface area contributed by atoms with Crippen molar-refractivity contribution >= 4 is 31.8 Å². The first-order chi connectivity index (χ1) is 24.0. The molecule has 5 atom stereocenters. The van der Waals surface area contributed by atoms with E-state index >= 15 is 4.11 Å². The molecule has 1 aromatic heterocycles. The number of cyclic esters (lactones) is 1. The van der Waals surface area contributed by atoms with Crippen LogP contribution in [-0.4, -0.2) is 73.5 Å². The van der Waals surface area contributed by atoms with Gasteiger partial charge in [-0.25, -0.2) is 4.79 Å². The molecule has 13 heteroatoms. The molecule has 50 heavy (non-hydrogen) atoms. The predicted molar refractivity (Wildman–Crippen MR) is 187 cm³/mol. The third-order valence-corrected chi connectivity index (χ3v) is 12.9. The number of rotatable bonds is 11. The Morgan fingerprint density at radius 1 is 1.10 bits per heavy atom. The molecular formula is C37H42FN5O6Si. The molecule has 3 aliphatic heterocycles. The number of benzene rings is 3. The molecule has 0 radical (unpaired) electrons. The van der Waals surface area contributed by atoms with Crippen LogP contribution in [0, 0.1) is 5.92 Å². The largest absolute Gasteiger partial charge is 0.497 e. The molecule has 3 aliphatic rings. The van der Waals surface area contributed by atoms with Gasteiger partial charge in [-0.3, -0.25) is 14.4 Å². The van der Waals surface area contributed by atoms with Gasteiger partial charge in [0.2, 0.25) is 8.41 Å². The Morgan fingerprint density at radius 3 is 2.60 bits per heavy atom. The fourth-order valence-electron chi connectivity index (χ4n) is 8.11. The lowest BCUT2D eigenvalue weighted by Gasteiger charge is -2.31. The van der Waals surface area contributed by atoms with Crippen LogP contribution in [0.5, 0.6) is 5.75 Å². The molecular weight excluding hydrogens is 658 g/mol. The van der Waals surface area contributed by atoms with Gasteiger partial charge in [0, 0.05) is 35.5 Å². The number of amides is 2. The van der Waals surface area contributed by atoms with Crippen molar-refractivity contribution in [3.8, 4) is 5.75 Å². The quantitative estimate of drug-likeness (QED) is 0.155. The van der Waals surface area contributed by atoms with Crippen molar-refractivity contribution in [3.05, 3.63) is 101 Å². The average Bonchev–Trinajstić information content (AvgIpc) is 3.87. The molecule has 0 aliphatic carbocycles. The van der Waals surface area contributed by atoms with Crippen molar-refractivity contribution in [2.45, 2.75) is 62.7 Å². The maximum Gasteiger partial charge on any atom is 0.414 e. The molecule has 262 valence electrons. The molecule has 2 fully saturated rings. The lowest BCUT2D eigenvalue weighted by Crippen LogP contribution is -2.45. The molecule has 3 aromatic carbocycles. The number of ether oxygens (including phenoxy) is 3. The smallest absolute Gasteiger partial charge is 0.414 e. The first kappa shape index (κ1) is 33.9. The maximum atomic E-state index is 16.4. The number of carbonyl (C=O) groups excluding carboxylic acids is 2. The van der Waals surface area contributed by atoms with Crippen molar-refractivity contribution in [3.63, 3.8) is 0 Å². The van der Waals surface area contributed by atoms with Crippen LogP contribution in [0.4, 0.5) is 20.3 Å². The number of fused-ring (bicyclic) bond motifs is 2. The summed E-state index contributed by atoms with van der Waals surface area (Å²) >= 11 is 0. The lowest BCUT2D eigenvalue weighted by molar-refractivity contribution is -0.146.